The molecule has 0 unspecified atom stereocenters. The van der Waals surface area contributed by atoms with Crippen molar-refractivity contribution in [1.29, 1.82) is 0 Å². The molecule has 3 heterocycles. The van der Waals surface area contributed by atoms with Crippen LogP contribution in [0, 0.1) is 0 Å². The predicted octanol–water partition coefficient (Wildman–Crippen LogP) is 3.29. The van der Waals surface area contributed by atoms with Crippen LogP contribution in [0.15, 0.2) is 51.7 Å². The van der Waals surface area contributed by atoms with E-state index in [0.717, 1.165) is 22.2 Å². The van der Waals surface area contributed by atoms with Gasteiger partial charge in [-0.25, -0.2) is 9.79 Å². The molecule has 2 N–H and O–H groups in total. The molecule has 0 saturated heterocycles. The van der Waals surface area contributed by atoms with Crippen LogP contribution >= 0.6 is 0 Å². The number of hydrogen-bond acceptors (Lipinski definition) is 9. The van der Waals surface area contributed by atoms with Gasteiger partial charge < -0.3 is 20.1 Å². The fraction of sp³-hybridized carbons (Fsp3) is 0.423. The van der Waals surface area contributed by atoms with Gasteiger partial charge in [0, 0.05) is 38.3 Å². The summed E-state index contributed by atoms with van der Waals surface area (Å²) < 4.78 is 13.3. The number of hydrazone groups is 1. The van der Waals surface area contributed by atoms with E-state index in [1.807, 2.05) is 26.1 Å². The maximum atomic E-state index is 13.2. The molecule has 202 valence electrons. The average molecular weight is 523 g/mol. The van der Waals surface area contributed by atoms with E-state index in [1.165, 1.54) is 9.91 Å². The summed E-state index contributed by atoms with van der Waals surface area (Å²) in [5.41, 5.74) is 2.15. The molecule has 1 atom stereocenters. The topological polar surface area (TPSA) is 126 Å². The van der Waals surface area contributed by atoms with E-state index in [0.29, 0.717) is 24.9 Å². The molecule has 1 aromatic heterocycles. The third kappa shape index (κ3) is 5.54. The normalized spacial score (nSPS) is 20.6. The summed E-state index contributed by atoms with van der Waals surface area (Å²) in [5, 5.41) is 17.0. The van der Waals surface area contributed by atoms with E-state index in [-0.39, 0.29) is 23.3 Å². The third-order valence-electron chi connectivity index (χ3n) is 5.94. The zero-order valence-corrected chi connectivity index (χ0v) is 22.8. The van der Waals surface area contributed by atoms with E-state index in [4.69, 9.17) is 14.5 Å². The molecule has 0 spiro atoms. The van der Waals surface area contributed by atoms with Crippen LogP contribution in [0.3, 0.4) is 0 Å². The van der Waals surface area contributed by atoms with Gasteiger partial charge in [0.15, 0.2) is 5.82 Å². The third-order valence-corrected chi connectivity index (χ3v) is 5.94. The fourth-order valence-corrected chi connectivity index (χ4v) is 4.05. The van der Waals surface area contributed by atoms with Crippen molar-refractivity contribution in [3.63, 3.8) is 0 Å². The van der Waals surface area contributed by atoms with E-state index in [9.17, 15) is 9.59 Å². The van der Waals surface area contributed by atoms with E-state index < -0.39 is 11.7 Å². The first-order valence-corrected chi connectivity index (χ1v) is 12.2. The lowest BCUT2D eigenvalue weighted by Gasteiger charge is -2.33. The van der Waals surface area contributed by atoms with Crippen molar-refractivity contribution in [3.05, 3.63) is 47.2 Å². The molecular formula is C26H34N8O4. The first-order chi connectivity index (χ1) is 17.9. The minimum atomic E-state index is -0.713. The molecule has 12 nitrogen and oxygen atoms in total. The van der Waals surface area contributed by atoms with Crippen molar-refractivity contribution in [2.45, 2.75) is 52.9 Å². The molecule has 2 aromatic rings. The molecule has 4 bridgehead atoms. The van der Waals surface area contributed by atoms with Crippen LogP contribution in [0.1, 0.15) is 40.2 Å². The highest BCUT2D eigenvalue weighted by atomic mass is 16.6. The van der Waals surface area contributed by atoms with E-state index in [2.05, 4.69) is 27.6 Å². The number of carbonyl (C=O) groups is 2. The quantitative estimate of drug-likeness (QED) is 0.580. The Kier molecular flexibility index (Phi) is 7.27. The number of benzene rings is 1. The molecule has 2 amide bonds. The summed E-state index contributed by atoms with van der Waals surface area (Å²) in [6.07, 6.45) is 2.81. The number of anilines is 1. The number of amides is 2. The number of aryl methyl sites for hydroxylation is 1. The van der Waals surface area contributed by atoms with Crippen LogP contribution in [0.25, 0.3) is 10.9 Å². The van der Waals surface area contributed by atoms with Gasteiger partial charge in [0.2, 0.25) is 0 Å². The Bertz CT molecular complexity index is 1380. The highest BCUT2D eigenvalue weighted by Crippen LogP contribution is 2.30. The highest BCUT2D eigenvalue weighted by Gasteiger charge is 2.31. The zero-order valence-electron chi connectivity index (χ0n) is 22.8. The van der Waals surface area contributed by atoms with Crippen LogP contribution in [0.4, 0.5) is 10.5 Å². The van der Waals surface area contributed by atoms with Crippen molar-refractivity contribution < 1.29 is 19.1 Å². The van der Waals surface area contributed by atoms with Gasteiger partial charge in [-0.15, -0.1) is 0 Å². The molecule has 0 aliphatic carbocycles. The number of rotatable bonds is 2. The molecule has 4 rings (SSSR count). The van der Waals surface area contributed by atoms with Gasteiger partial charge in [0.05, 0.1) is 36.2 Å². The Labute approximate surface area is 221 Å². The molecule has 2 aliphatic heterocycles. The number of carbonyl (C=O) groups excluding carboxylic acids is 2. The van der Waals surface area contributed by atoms with Gasteiger partial charge in [0.25, 0.3) is 5.91 Å². The van der Waals surface area contributed by atoms with Crippen LogP contribution < -0.4 is 10.6 Å². The van der Waals surface area contributed by atoms with Crippen LogP contribution in [-0.4, -0.2) is 69.5 Å². The number of fused-ring (bicyclic) bond motifs is 5. The van der Waals surface area contributed by atoms with Gasteiger partial charge in [-0.1, -0.05) is 0 Å². The van der Waals surface area contributed by atoms with Crippen molar-refractivity contribution in [3.8, 4) is 0 Å². The van der Waals surface area contributed by atoms with Gasteiger partial charge in [-0.2, -0.15) is 15.2 Å². The molecule has 2 aliphatic rings. The minimum absolute atomic E-state index is 0.205. The van der Waals surface area contributed by atoms with Gasteiger partial charge >= 0.3 is 6.09 Å². The first kappa shape index (κ1) is 26.9. The molecule has 0 saturated carbocycles. The summed E-state index contributed by atoms with van der Waals surface area (Å²) >= 11 is 0. The number of ether oxygens (including phenoxy) is 2. The Morgan fingerprint density at radius 2 is 2.08 bits per heavy atom. The van der Waals surface area contributed by atoms with Crippen LogP contribution in [-0.2, 0) is 27.9 Å². The van der Waals surface area contributed by atoms with Crippen molar-refractivity contribution in [1.82, 2.24) is 25.0 Å². The lowest BCUT2D eigenvalue weighted by molar-refractivity contribution is -0.118. The summed E-state index contributed by atoms with van der Waals surface area (Å²) in [7, 11) is 3.43. The molecule has 12 heteroatoms. The van der Waals surface area contributed by atoms with E-state index in [1.54, 1.807) is 51.7 Å². The van der Waals surface area contributed by atoms with Crippen molar-refractivity contribution >= 4 is 41.1 Å². The summed E-state index contributed by atoms with van der Waals surface area (Å²) in [6.45, 7) is 13.2. The average Bonchev–Trinajstić information content (AvgIpc) is 3.21. The second-order valence-electron chi connectivity index (χ2n) is 10.3. The minimum Gasteiger partial charge on any atom is -0.443 e. The van der Waals surface area contributed by atoms with Crippen molar-refractivity contribution in [2.75, 3.05) is 19.0 Å². The predicted molar refractivity (Wildman–Crippen MR) is 145 cm³/mol. The largest absolute Gasteiger partial charge is 0.443 e. The Morgan fingerprint density at radius 1 is 1.34 bits per heavy atom. The molecule has 0 fully saturated rings. The Hall–Kier alpha value is -4.19. The lowest BCUT2D eigenvalue weighted by atomic mass is 10.1. The zero-order chi connectivity index (χ0) is 27.8. The van der Waals surface area contributed by atoms with Crippen molar-refractivity contribution in [2.24, 2.45) is 17.1 Å². The Balaban J connectivity index is 1.88. The Morgan fingerprint density at radius 3 is 2.76 bits per heavy atom. The number of nitrogens with one attached hydrogen (secondary N) is 2. The van der Waals surface area contributed by atoms with Crippen LogP contribution in [0.2, 0.25) is 0 Å². The monoisotopic (exact) mass is 522 g/mol. The number of nitrogens with zero attached hydrogens (tertiary/aromatic N) is 6. The molecule has 38 heavy (non-hydrogen) atoms. The van der Waals surface area contributed by atoms with Gasteiger partial charge in [-0.3, -0.25) is 14.4 Å². The summed E-state index contributed by atoms with van der Waals surface area (Å²) in [6, 6.07) is 3.72. The molecule has 1 aromatic carbocycles. The standard InChI is InChI=1S/C26H34N8O4/c1-15-13-37-14-17-9-19(18-12-28-33(8)20(18)10-17)30-21-11-22(32(7)25(36)38-26(3,4)5)34(27-6)23(31-21)16(2)24(35)29-15/h9-12,15H,6,13-14H2,1-5,7-8H3,(H,29,35)(H,30,31)/b23-16+/t15-/m1/s1. The van der Waals surface area contributed by atoms with Gasteiger partial charge in [-0.05, 0) is 52.3 Å². The maximum Gasteiger partial charge on any atom is 0.415 e. The number of aromatic nitrogens is 2. The summed E-state index contributed by atoms with van der Waals surface area (Å²) in [4.78, 5) is 32.2. The SMILES string of the molecule is C=NN1C(N(C)C(=O)OC(C)(C)C)=CC2=N/C1=C(/C)C(=O)N[C@H](C)COCc1cc(c3cnn(C)c3c1)N2. The second kappa shape index (κ2) is 10.3. The molecule has 0 radical (unpaired) electrons. The number of amidine groups is 1. The maximum absolute atomic E-state index is 13.2. The smallest absolute Gasteiger partial charge is 0.415 e. The number of aliphatic imine (C=N–C) groups is 1. The van der Waals surface area contributed by atoms with Crippen LogP contribution in [0.5, 0.6) is 0 Å². The van der Waals surface area contributed by atoms with E-state index >= 15 is 0 Å². The highest BCUT2D eigenvalue weighted by molar-refractivity contribution is 6.10. The number of hydrogen-bond donors (Lipinski definition) is 2. The molecular weight excluding hydrogens is 488 g/mol. The van der Waals surface area contributed by atoms with Gasteiger partial charge in [0.1, 0.15) is 17.3 Å². The summed E-state index contributed by atoms with van der Waals surface area (Å²) in [5.74, 6) is 0.540. The fourth-order valence-electron chi connectivity index (χ4n) is 4.05. The first-order valence-electron chi connectivity index (χ1n) is 12.2. The lowest BCUT2D eigenvalue weighted by Crippen LogP contribution is -2.41. The second-order valence-corrected chi connectivity index (χ2v) is 10.3.